The molecule has 0 aromatic heterocycles. The maximum Gasteiger partial charge on any atom is 0.416 e. The molecule has 0 unspecified atom stereocenters. The molecular formula is C17H16N2O6. The lowest BCUT2D eigenvalue weighted by Crippen LogP contribution is -2.24. The van der Waals surface area contributed by atoms with Crippen LogP contribution in [0, 0.1) is 17.0 Å². The summed E-state index contributed by atoms with van der Waals surface area (Å²) in [5.41, 5.74) is 0.360. The predicted molar refractivity (Wildman–Crippen MR) is 90.4 cm³/mol. The molecule has 0 bridgehead atoms. The molecule has 8 nitrogen and oxygen atoms in total. The fourth-order valence-electron chi connectivity index (χ4n) is 2.36. The van der Waals surface area contributed by atoms with Crippen LogP contribution >= 0.6 is 0 Å². The SMILES string of the molecule is CCOC(=O)c1ccc(N(C(=O)O)c2ccccc2C)cc1[N+](=O)[O-]. The Kier molecular flexibility index (Phi) is 5.33. The summed E-state index contributed by atoms with van der Waals surface area (Å²) in [5.74, 6) is -0.835. The lowest BCUT2D eigenvalue weighted by molar-refractivity contribution is -0.385. The third-order valence-electron chi connectivity index (χ3n) is 3.48. The van der Waals surface area contributed by atoms with E-state index in [2.05, 4.69) is 0 Å². The van der Waals surface area contributed by atoms with Crippen LogP contribution in [0.5, 0.6) is 0 Å². The molecule has 0 aliphatic carbocycles. The van der Waals surface area contributed by atoms with Gasteiger partial charge in [-0.25, -0.2) is 14.5 Å². The summed E-state index contributed by atoms with van der Waals surface area (Å²) in [6.45, 7) is 3.39. The van der Waals surface area contributed by atoms with Crippen LogP contribution in [0.4, 0.5) is 21.9 Å². The first-order valence-corrected chi connectivity index (χ1v) is 7.41. The van der Waals surface area contributed by atoms with Gasteiger partial charge in [0.1, 0.15) is 5.56 Å². The monoisotopic (exact) mass is 344 g/mol. The number of hydrogen-bond donors (Lipinski definition) is 1. The van der Waals surface area contributed by atoms with E-state index in [0.717, 1.165) is 11.0 Å². The zero-order valence-electron chi connectivity index (χ0n) is 13.6. The largest absolute Gasteiger partial charge is 0.464 e. The van der Waals surface area contributed by atoms with Crippen molar-refractivity contribution in [2.24, 2.45) is 0 Å². The number of amides is 1. The highest BCUT2D eigenvalue weighted by Gasteiger charge is 2.26. The third kappa shape index (κ3) is 3.74. The van der Waals surface area contributed by atoms with E-state index in [1.54, 1.807) is 38.1 Å². The number of ether oxygens (including phenoxy) is 1. The van der Waals surface area contributed by atoms with Crippen LogP contribution < -0.4 is 4.90 Å². The molecule has 2 aromatic rings. The topological polar surface area (TPSA) is 110 Å². The number of para-hydroxylation sites is 1. The highest BCUT2D eigenvalue weighted by Crippen LogP contribution is 2.32. The van der Waals surface area contributed by atoms with Gasteiger partial charge in [-0.3, -0.25) is 10.1 Å². The van der Waals surface area contributed by atoms with Gasteiger partial charge in [0.05, 0.1) is 22.9 Å². The molecule has 2 rings (SSSR count). The van der Waals surface area contributed by atoms with Crippen molar-refractivity contribution in [1.82, 2.24) is 0 Å². The molecule has 25 heavy (non-hydrogen) atoms. The van der Waals surface area contributed by atoms with E-state index in [1.807, 2.05) is 0 Å². The number of carbonyl (C=O) groups excluding carboxylic acids is 1. The van der Waals surface area contributed by atoms with Gasteiger partial charge in [-0.2, -0.15) is 0 Å². The molecule has 0 atom stereocenters. The van der Waals surface area contributed by atoms with E-state index >= 15 is 0 Å². The number of benzene rings is 2. The van der Waals surface area contributed by atoms with Crippen LogP contribution in [0.3, 0.4) is 0 Å². The molecule has 0 heterocycles. The molecule has 2 aromatic carbocycles. The van der Waals surface area contributed by atoms with Crippen molar-refractivity contribution < 1.29 is 24.4 Å². The van der Waals surface area contributed by atoms with Gasteiger partial charge in [0, 0.05) is 6.07 Å². The Labute approximate surface area is 143 Å². The Morgan fingerprint density at radius 2 is 1.92 bits per heavy atom. The molecule has 0 saturated carbocycles. The second-order valence-electron chi connectivity index (χ2n) is 5.08. The Morgan fingerprint density at radius 3 is 2.48 bits per heavy atom. The Hall–Kier alpha value is -3.42. The van der Waals surface area contributed by atoms with E-state index in [-0.39, 0.29) is 17.9 Å². The fourth-order valence-corrected chi connectivity index (χ4v) is 2.36. The molecule has 1 amide bonds. The van der Waals surface area contributed by atoms with Crippen LogP contribution in [-0.2, 0) is 4.74 Å². The molecule has 0 aliphatic heterocycles. The van der Waals surface area contributed by atoms with Gasteiger partial charge in [0.15, 0.2) is 0 Å². The van der Waals surface area contributed by atoms with E-state index in [1.165, 1.54) is 12.1 Å². The van der Waals surface area contributed by atoms with Gasteiger partial charge in [-0.05, 0) is 37.6 Å². The van der Waals surface area contributed by atoms with Crippen molar-refractivity contribution in [3.8, 4) is 0 Å². The van der Waals surface area contributed by atoms with Crippen LogP contribution in [-0.4, -0.2) is 28.7 Å². The number of carbonyl (C=O) groups is 2. The number of nitro benzene ring substituents is 1. The summed E-state index contributed by atoms with van der Waals surface area (Å²) in [6, 6.07) is 10.3. The number of rotatable bonds is 5. The standard InChI is InChI=1S/C17H16N2O6/c1-3-25-16(20)13-9-8-12(10-15(13)19(23)24)18(17(21)22)14-7-5-4-6-11(14)2/h4-10H,3H2,1-2H3,(H,21,22). The first kappa shape index (κ1) is 17.9. The molecule has 0 saturated heterocycles. The summed E-state index contributed by atoms with van der Waals surface area (Å²) in [4.78, 5) is 35.1. The molecule has 0 radical (unpaired) electrons. The van der Waals surface area contributed by atoms with Crippen molar-refractivity contribution in [1.29, 1.82) is 0 Å². The minimum Gasteiger partial charge on any atom is -0.464 e. The highest BCUT2D eigenvalue weighted by molar-refractivity contribution is 5.99. The Morgan fingerprint density at radius 1 is 1.24 bits per heavy atom. The Balaban J connectivity index is 2.59. The first-order chi connectivity index (χ1) is 11.9. The van der Waals surface area contributed by atoms with E-state index in [0.29, 0.717) is 11.3 Å². The van der Waals surface area contributed by atoms with Crippen LogP contribution in [0.2, 0.25) is 0 Å². The van der Waals surface area contributed by atoms with Gasteiger partial charge in [0.2, 0.25) is 0 Å². The average Bonchev–Trinajstić information content (AvgIpc) is 2.56. The van der Waals surface area contributed by atoms with Crippen LogP contribution in [0.1, 0.15) is 22.8 Å². The molecule has 0 aliphatic rings. The highest BCUT2D eigenvalue weighted by atomic mass is 16.6. The predicted octanol–water partition coefficient (Wildman–Crippen LogP) is 3.90. The van der Waals surface area contributed by atoms with Crippen molar-refractivity contribution in [3.05, 3.63) is 63.7 Å². The zero-order chi connectivity index (χ0) is 18.6. The number of nitro groups is 1. The minimum absolute atomic E-state index is 0.0570. The number of anilines is 2. The molecule has 1 N–H and O–H groups in total. The van der Waals surface area contributed by atoms with Crippen molar-refractivity contribution in [3.63, 3.8) is 0 Å². The van der Waals surface area contributed by atoms with Gasteiger partial charge in [0.25, 0.3) is 5.69 Å². The minimum atomic E-state index is -1.30. The number of esters is 1. The quantitative estimate of drug-likeness (QED) is 0.500. The molecule has 130 valence electrons. The van der Waals surface area contributed by atoms with Crippen molar-refractivity contribution in [2.75, 3.05) is 11.5 Å². The maximum atomic E-state index is 11.9. The van der Waals surface area contributed by atoms with E-state index in [9.17, 15) is 24.8 Å². The summed E-state index contributed by atoms with van der Waals surface area (Å²) in [7, 11) is 0. The fraction of sp³-hybridized carbons (Fsp3) is 0.176. The number of hydrogen-bond acceptors (Lipinski definition) is 5. The van der Waals surface area contributed by atoms with Crippen molar-refractivity contribution >= 4 is 29.1 Å². The molecular weight excluding hydrogens is 328 g/mol. The summed E-state index contributed by atoms with van der Waals surface area (Å²) in [5, 5.41) is 20.9. The zero-order valence-corrected chi connectivity index (χ0v) is 13.6. The first-order valence-electron chi connectivity index (χ1n) is 7.41. The second kappa shape index (κ2) is 7.43. The molecule has 8 heteroatoms. The number of nitrogens with zero attached hydrogens (tertiary/aromatic N) is 2. The smallest absolute Gasteiger partial charge is 0.416 e. The van der Waals surface area contributed by atoms with Gasteiger partial charge < -0.3 is 9.84 Å². The Bertz CT molecular complexity index is 834. The van der Waals surface area contributed by atoms with Gasteiger partial charge in [-0.15, -0.1) is 0 Å². The van der Waals surface area contributed by atoms with E-state index in [4.69, 9.17) is 4.74 Å². The molecule has 0 spiro atoms. The summed E-state index contributed by atoms with van der Waals surface area (Å²) >= 11 is 0. The normalized spacial score (nSPS) is 10.2. The second-order valence-corrected chi connectivity index (χ2v) is 5.08. The maximum absolute atomic E-state index is 11.9. The third-order valence-corrected chi connectivity index (χ3v) is 3.48. The lowest BCUT2D eigenvalue weighted by atomic mass is 10.1. The van der Waals surface area contributed by atoms with Gasteiger partial charge in [-0.1, -0.05) is 18.2 Å². The number of aryl methyl sites for hydroxylation is 1. The number of carboxylic acid groups (broad SMARTS) is 1. The summed E-state index contributed by atoms with van der Waals surface area (Å²) in [6.07, 6.45) is -1.30. The summed E-state index contributed by atoms with van der Waals surface area (Å²) < 4.78 is 4.80. The van der Waals surface area contributed by atoms with Gasteiger partial charge >= 0.3 is 12.1 Å². The van der Waals surface area contributed by atoms with Crippen molar-refractivity contribution in [2.45, 2.75) is 13.8 Å². The molecule has 0 fully saturated rings. The lowest BCUT2D eigenvalue weighted by Gasteiger charge is -2.21. The van der Waals surface area contributed by atoms with Crippen LogP contribution in [0.15, 0.2) is 42.5 Å². The van der Waals surface area contributed by atoms with E-state index < -0.39 is 22.7 Å². The average molecular weight is 344 g/mol. The van der Waals surface area contributed by atoms with Crippen LogP contribution in [0.25, 0.3) is 0 Å².